The summed E-state index contributed by atoms with van der Waals surface area (Å²) in [6, 6.07) is 6.41. The standard InChI is InChI=1S/C20H26N4OS/c1-21-20(23-16-7-5-3-2-4-6-8-16)24-17(13-25)11-15-9-10-18-19(12-15)26-14-22-18/h9-14,16H,2-8H2,1H3,(H2,21,23,24)/b17-11-. The van der Waals surface area contributed by atoms with Crippen LogP contribution in [0.1, 0.15) is 50.5 Å². The highest BCUT2D eigenvalue weighted by Crippen LogP contribution is 2.20. The lowest BCUT2D eigenvalue weighted by Gasteiger charge is -2.23. The number of benzene rings is 1. The number of carbonyl (C=O) groups excluding carboxylic acids is 1. The maximum Gasteiger partial charge on any atom is 0.195 e. The van der Waals surface area contributed by atoms with Crippen LogP contribution in [-0.2, 0) is 4.79 Å². The van der Waals surface area contributed by atoms with Crippen molar-refractivity contribution in [2.75, 3.05) is 7.05 Å². The molecule has 1 saturated carbocycles. The van der Waals surface area contributed by atoms with E-state index in [1.165, 1.54) is 32.1 Å². The highest BCUT2D eigenvalue weighted by atomic mass is 32.1. The zero-order valence-corrected chi connectivity index (χ0v) is 16.0. The van der Waals surface area contributed by atoms with E-state index in [0.717, 1.165) is 34.9 Å². The van der Waals surface area contributed by atoms with Gasteiger partial charge in [-0.2, -0.15) is 0 Å². The van der Waals surface area contributed by atoms with E-state index in [9.17, 15) is 4.79 Å². The Morgan fingerprint density at radius 1 is 1.23 bits per heavy atom. The monoisotopic (exact) mass is 370 g/mol. The lowest BCUT2D eigenvalue weighted by Crippen LogP contribution is -2.43. The number of aromatic nitrogens is 1. The summed E-state index contributed by atoms with van der Waals surface area (Å²) < 4.78 is 1.11. The largest absolute Gasteiger partial charge is 0.353 e. The van der Waals surface area contributed by atoms with Gasteiger partial charge in [-0.15, -0.1) is 11.3 Å². The van der Waals surface area contributed by atoms with Crippen LogP contribution in [0.5, 0.6) is 0 Å². The molecule has 0 aliphatic heterocycles. The summed E-state index contributed by atoms with van der Waals surface area (Å²) in [6.45, 7) is 0. The fourth-order valence-corrected chi connectivity index (χ4v) is 4.05. The SMILES string of the molecule is CN=C(N/C(C=O)=C\c1ccc2ncsc2c1)NC1CCCCCCC1. The average Bonchev–Trinajstić information content (AvgIpc) is 3.10. The van der Waals surface area contributed by atoms with E-state index in [1.807, 2.05) is 29.8 Å². The van der Waals surface area contributed by atoms with E-state index >= 15 is 0 Å². The van der Waals surface area contributed by atoms with Crippen LogP contribution >= 0.6 is 11.3 Å². The summed E-state index contributed by atoms with van der Waals surface area (Å²) in [6.07, 6.45) is 11.5. The van der Waals surface area contributed by atoms with E-state index in [2.05, 4.69) is 20.6 Å². The van der Waals surface area contributed by atoms with Crippen LogP contribution in [0, 0.1) is 0 Å². The smallest absolute Gasteiger partial charge is 0.195 e. The molecule has 5 nitrogen and oxygen atoms in total. The summed E-state index contributed by atoms with van der Waals surface area (Å²) in [5.41, 5.74) is 4.28. The molecule has 0 atom stereocenters. The highest BCUT2D eigenvalue weighted by Gasteiger charge is 2.13. The van der Waals surface area contributed by atoms with Crippen molar-refractivity contribution in [2.24, 2.45) is 4.99 Å². The number of hydrogen-bond donors (Lipinski definition) is 2. The second-order valence-electron chi connectivity index (χ2n) is 6.68. The maximum atomic E-state index is 11.5. The number of thiazole rings is 1. The normalized spacial score (nSPS) is 17.6. The Morgan fingerprint density at radius 2 is 2.00 bits per heavy atom. The van der Waals surface area contributed by atoms with E-state index in [4.69, 9.17) is 0 Å². The number of aliphatic imine (C=N–C) groups is 1. The van der Waals surface area contributed by atoms with Crippen LogP contribution in [0.3, 0.4) is 0 Å². The van der Waals surface area contributed by atoms with Crippen molar-refractivity contribution < 1.29 is 4.79 Å². The van der Waals surface area contributed by atoms with Crippen molar-refractivity contribution >= 4 is 39.9 Å². The first-order valence-corrected chi connectivity index (χ1v) is 10.2. The molecule has 138 valence electrons. The number of hydrogen-bond acceptors (Lipinski definition) is 4. The number of rotatable bonds is 4. The van der Waals surface area contributed by atoms with Crippen LogP contribution < -0.4 is 10.6 Å². The molecule has 0 unspecified atom stereocenters. The lowest BCUT2D eigenvalue weighted by atomic mass is 9.97. The fraction of sp³-hybridized carbons (Fsp3) is 0.450. The third-order valence-corrected chi connectivity index (χ3v) is 5.53. The van der Waals surface area contributed by atoms with Gasteiger partial charge < -0.3 is 10.6 Å². The van der Waals surface area contributed by atoms with Crippen LogP contribution in [0.15, 0.2) is 34.4 Å². The Labute approximate surface area is 158 Å². The molecule has 0 saturated heterocycles. The fourth-order valence-electron chi connectivity index (χ4n) is 3.33. The number of fused-ring (bicyclic) bond motifs is 1. The van der Waals surface area contributed by atoms with Gasteiger partial charge in [-0.25, -0.2) is 4.98 Å². The summed E-state index contributed by atoms with van der Waals surface area (Å²) >= 11 is 1.60. The van der Waals surface area contributed by atoms with Gasteiger partial charge in [0.2, 0.25) is 0 Å². The van der Waals surface area contributed by atoms with Gasteiger partial charge in [0.1, 0.15) is 0 Å². The van der Waals surface area contributed by atoms with Gasteiger partial charge in [-0.1, -0.05) is 38.2 Å². The molecule has 1 aliphatic carbocycles. The minimum atomic E-state index is 0.419. The predicted molar refractivity (Wildman–Crippen MR) is 109 cm³/mol. The quantitative estimate of drug-likeness (QED) is 0.368. The molecule has 1 fully saturated rings. The molecule has 0 radical (unpaired) electrons. The molecular weight excluding hydrogens is 344 g/mol. The topological polar surface area (TPSA) is 66.4 Å². The van der Waals surface area contributed by atoms with Gasteiger partial charge in [0, 0.05) is 13.1 Å². The van der Waals surface area contributed by atoms with Crippen molar-refractivity contribution in [3.8, 4) is 0 Å². The first-order valence-electron chi connectivity index (χ1n) is 9.29. The van der Waals surface area contributed by atoms with E-state index in [-0.39, 0.29) is 0 Å². The molecule has 2 aromatic rings. The van der Waals surface area contributed by atoms with Gasteiger partial charge in [0.15, 0.2) is 12.2 Å². The van der Waals surface area contributed by atoms with Crippen LogP contribution in [0.2, 0.25) is 0 Å². The maximum absolute atomic E-state index is 11.5. The molecule has 6 heteroatoms. The minimum absolute atomic E-state index is 0.419. The molecule has 1 heterocycles. The van der Waals surface area contributed by atoms with Crippen molar-refractivity contribution in [1.29, 1.82) is 0 Å². The molecule has 2 N–H and O–H groups in total. The van der Waals surface area contributed by atoms with Gasteiger partial charge in [0.25, 0.3) is 0 Å². The molecule has 0 bridgehead atoms. The van der Waals surface area contributed by atoms with Crippen LogP contribution in [0.25, 0.3) is 16.3 Å². The van der Waals surface area contributed by atoms with Crippen molar-refractivity contribution in [3.05, 3.63) is 35.0 Å². The van der Waals surface area contributed by atoms with Gasteiger partial charge in [0.05, 0.1) is 21.4 Å². The second-order valence-corrected chi connectivity index (χ2v) is 7.57. The Balaban J connectivity index is 1.67. The molecule has 1 aliphatic rings. The van der Waals surface area contributed by atoms with Crippen molar-refractivity contribution in [1.82, 2.24) is 15.6 Å². The summed E-state index contributed by atoms with van der Waals surface area (Å²) in [5.74, 6) is 0.660. The molecule has 0 spiro atoms. The molecule has 26 heavy (non-hydrogen) atoms. The van der Waals surface area contributed by atoms with E-state index in [0.29, 0.717) is 17.7 Å². The number of aldehydes is 1. The van der Waals surface area contributed by atoms with Gasteiger partial charge in [-0.3, -0.25) is 9.79 Å². The number of allylic oxidation sites excluding steroid dienone is 1. The second kappa shape index (κ2) is 9.48. The number of nitrogens with one attached hydrogen (secondary N) is 2. The predicted octanol–water partition coefficient (Wildman–Crippen LogP) is 4.11. The Bertz CT molecular complexity index is 788. The van der Waals surface area contributed by atoms with Gasteiger partial charge in [-0.05, 0) is 36.6 Å². The summed E-state index contributed by atoms with van der Waals surface area (Å²) in [4.78, 5) is 20.1. The molecular formula is C20H26N4OS. The minimum Gasteiger partial charge on any atom is -0.353 e. The zero-order chi connectivity index (χ0) is 18.2. The summed E-state index contributed by atoms with van der Waals surface area (Å²) in [5, 5.41) is 6.63. The number of carbonyl (C=O) groups is 1. The molecule has 1 aromatic carbocycles. The van der Waals surface area contributed by atoms with Gasteiger partial charge >= 0.3 is 0 Å². The molecule has 1 aromatic heterocycles. The first-order chi connectivity index (χ1) is 12.8. The number of nitrogens with zero attached hydrogens (tertiary/aromatic N) is 2. The summed E-state index contributed by atoms with van der Waals surface area (Å²) in [7, 11) is 1.74. The van der Waals surface area contributed by atoms with E-state index in [1.54, 1.807) is 18.4 Å². The van der Waals surface area contributed by atoms with Crippen LogP contribution in [-0.4, -0.2) is 30.3 Å². The number of guanidine groups is 1. The molecule has 0 amide bonds. The average molecular weight is 371 g/mol. The van der Waals surface area contributed by atoms with Crippen LogP contribution in [0.4, 0.5) is 0 Å². The Kier molecular flexibility index (Phi) is 6.77. The third kappa shape index (κ3) is 5.14. The Hall–Kier alpha value is -2.21. The highest BCUT2D eigenvalue weighted by molar-refractivity contribution is 7.16. The lowest BCUT2D eigenvalue weighted by molar-refractivity contribution is -0.105. The van der Waals surface area contributed by atoms with E-state index < -0.39 is 0 Å². The third-order valence-electron chi connectivity index (χ3n) is 4.74. The zero-order valence-electron chi connectivity index (χ0n) is 15.2. The van der Waals surface area contributed by atoms with Crippen molar-refractivity contribution in [3.63, 3.8) is 0 Å². The Morgan fingerprint density at radius 3 is 2.73 bits per heavy atom. The van der Waals surface area contributed by atoms with Crippen molar-refractivity contribution in [2.45, 2.75) is 51.0 Å². The first kappa shape index (κ1) is 18.6. The molecule has 3 rings (SSSR count).